The Morgan fingerprint density at radius 3 is 2.56 bits per heavy atom. The minimum atomic E-state index is -2.96. The predicted molar refractivity (Wildman–Crippen MR) is 62.0 cm³/mol. The second-order valence-corrected chi connectivity index (χ2v) is 6.88. The smallest absolute Gasteiger partial charge is 0.306 e. The summed E-state index contributed by atoms with van der Waals surface area (Å²) in [4.78, 5) is 10.9. The zero-order valence-electron chi connectivity index (χ0n) is 9.68. The van der Waals surface area contributed by atoms with Crippen molar-refractivity contribution in [2.75, 3.05) is 11.5 Å². The second kappa shape index (κ2) is 5.66. The summed E-state index contributed by atoms with van der Waals surface area (Å²) in [5.74, 6) is -0.663. The number of carbonyl (C=O) groups is 1. The summed E-state index contributed by atoms with van der Waals surface area (Å²) in [5, 5.41) is 8.97. The summed E-state index contributed by atoms with van der Waals surface area (Å²) in [5.41, 5.74) is 0. The van der Waals surface area contributed by atoms with Gasteiger partial charge in [0.25, 0.3) is 0 Å². The highest BCUT2D eigenvalue weighted by atomic mass is 32.2. The number of aliphatic carboxylic acids is 1. The molecule has 0 aliphatic heterocycles. The van der Waals surface area contributed by atoms with E-state index in [1.54, 1.807) is 0 Å². The van der Waals surface area contributed by atoms with Crippen LogP contribution in [-0.4, -0.2) is 31.0 Å². The Hall–Kier alpha value is -0.580. The van der Waals surface area contributed by atoms with Crippen molar-refractivity contribution in [2.45, 2.75) is 39.0 Å². The first-order valence-electron chi connectivity index (χ1n) is 5.89. The molecule has 1 saturated carbocycles. The molecule has 2 atom stereocenters. The molecule has 1 aliphatic rings. The van der Waals surface area contributed by atoms with Gasteiger partial charge in [0.2, 0.25) is 0 Å². The first kappa shape index (κ1) is 13.5. The zero-order valence-corrected chi connectivity index (χ0v) is 10.5. The first-order chi connectivity index (χ1) is 7.46. The van der Waals surface area contributed by atoms with Gasteiger partial charge in [-0.2, -0.15) is 0 Å². The van der Waals surface area contributed by atoms with Crippen molar-refractivity contribution in [3.05, 3.63) is 0 Å². The highest BCUT2D eigenvalue weighted by Crippen LogP contribution is 2.34. The molecule has 0 spiro atoms. The van der Waals surface area contributed by atoms with E-state index in [2.05, 4.69) is 0 Å². The van der Waals surface area contributed by atoms with Gasteiger partial charge in [-0.25, -0.2) is 8.42 Å². The van der Waals surface area contributed by atoms with Gasteiger partial charge in [-0.3, -0.25) is 4.79 Å². The average molecular weight is 248 g/mol. The van der Waals surface area contributed by atoms with E-state index in [1.807, 2.05) is 6.92 Å². The summed E-state index contributed by atoms with van der Waals surface area (Å²) in [6.07, 6.45) is 3.62. The molecule has 1 fully saturated rings. The molecular weight excluding hydrogens is 228 g/mol. The summed E-state index contributed by atoms with van der Waals surface area (Å²) < 4.78 is 23.0. The molecular formula is C11H20O4S. The maximum atomic E-state index is 11.5. The van der Waals surface area contributed by atoms with Crippen LogP contribution in [0.25, 0.3) is 0 Å². The summed E-state index contributed by atoms with van der Waals surface area (Å²) >= 11 is 0. The number of sulfone groups is 1. The third-order valence-electron chi connectivity index (χ3n) is 3.29. The van der Waals surface area contributed by atoms with E-state index in [1.165, 1.54) is 0 Å². The highest BCUT2D eigenvalue weighted by molar-refractivity contribution is 7.91. The Labute approximate surface area is 97.0 Å². The molecule has 0 aromatic carbocycles. The van der Waals surface area contributed by atoms with Gasteiger partial charge in [0.05, 0.1) is 11.7 Å². The Kier molecular flexibility index (Phi) is 4.77. The molecule has 1 rings (SSSR count). The Morgan fingerprint density at radius 1 is 1.31 bits per heavy atom. The maximum Gasteiger partial charge on any atom is 0.306 e. The van der Waals surface area contributed by atoms with Crippen LogP contribution in [0.2, 0.25) is 0 Å². The second-order valence-electron chi connectivity index (χ2n) is 4.58. The molecule has 1 N–H and O–H groups in total. The SMILES string of the molecule is CCCS(=O)(=O)CCC1CCCC1C(=O)O. The molecule has 2 unspecified atom stereocenters. The van der Waals surface area contributed by atoms with Crippen molar-refractivity contribution in [3.63, 3.8) is 0 Å². The van der Waals surface area contributed by atoms with E-state index in [4.69, 9.17) is 5.11 Å². The lowest BCUT2D eigenvalue weighted by molar-refractivity contribution is -0.142. The van der Waals surface area contributed by atoms with Gasteiger partial charge >= 0.3 is 5.97 Å². The van der Waals surface area contributed by atoms with Crippen molar-refractivity contribution < 1.29 is 18.3 Å². The molecule has 0 saturated heterocycles. The molecule has 16 heavy (non-hydrogen) atoms. The molecule has 5 heteroatoms. The van der Waals surface area contributed by atoms with Gasteiger partial charge in [0.15, 0.2) is 0 Å². The van der Waals surface area contributed by atoms with E-state index in [0.29, 0.717) is 19.3 Å². The molecule has 0 radical (unpaired) electrons. The minimum Gasteiger partial charge on any atom is -0.481 e. The van der Waals surface area contributed by atoms with Gasteiger partial charge in [0, 0.05) is 5.75 Å². The Balaban J connectivity index is 2.46. The zero-order chi connectivity index (χ0) is 12.2. The first-order valence-corrected chi connectivity index (χ1v) is 7.71. The monoisotopic (exact) mass is 248 g/mol. The molecule has 0 aromatic heterocycles. The molecule has 4 nitrogen and oxygen atoms in total. The van der Waals surface area contributed by atoms with Crippen molar-refractivity contribution in [3.8, 4) is 0 Å². The fourth-order valence-corrected chi connectivity index (χ4v) is 3.94. The van der Waals surface area contributed by atoms with Crippen LogP contribution in [0.3, 0.4) is 0 Å². The molecule has 1 aliphatic carbocycles. The van der Waals surface area contributed by atoms with Gasteiger partial charge in [0.1, 0.15) is 9.84 Å². The van der Waals surface area contributed by atoms with Crippen LogP contribution in [0.4, 0.5) is 0 Å². The number of carboxylic acid groups (broad SMARTS) is 1. The number of carboxylic acids is 1. The third kappa shape index (κ3) is 3.77. The van der Waals surface area contributed by atoms with Crippen molar-refractivity contribution in [1.82, 2.24) is 0 Å². The van der Waals surface area contributed by atoms with Crippen LogP contribution in [0, 0.1) is 11.8 Å². The summed E-state index contributed by atoms with van der Waals surface area (Å²) in [7, 11) is -2.96. The third-order valence-corrected chi connectivity index (χ3v) is 5.18. The maximum absolute atomic E-state index is 11.5. The van der Waals surface area contributed by atoms with Crippen LogP contribution >= 0.6 is 0 Å². The minimum absolute atomic E-state index is 0.0594. The number of hydrogen-bond donors (Lipinski definition) is 1. The summed E-state index contributed by atoms with van der Waals surface area (Å²) in [6.45, 7) is 1.84. The van der Waals surface area contributed by atoms with Crippen LogP contribution in [-0.2, 0) is 14.6 Å². The topological polar surface area (TPSA) is 71.4 Å². The van der Waals surface area contributed by atoms with Crippen LogP contribution in [0.5, 0.6) is 0 Å². The van der Waals surface area contributed by atoms with Gasteiger partial charge in [-0.15, -0.1) is 0 Å². The van der Waals surface area contributed by atoms with E-state index < -0.39 is 15.8 Å². The van der Waals surface area contributed by atoms with Crippen LogP contribution in [0.1, 0.15) is 39.0 Å². The predicted octanol–water partition coefficient (Wildman–Crippen LogP) is 1.70. The fraction of sp³-hybridized carbons (Fsp3) is 0.909. The lowest BCUT2D eigenvalue weighted by Crippen LogP contribution is -2.21. The molecule has 0 heterocycles. The van der Waals surface area contributed by atoms with Crippen molar-refractivity contribution >= 4 is 15.8 Å². The number of rotatable bonds is 6. The normalized spacial score (nSPS) is 25.8. The average Bonchev–Trinajstić information content (AvgIpc) is 2.62. The Morgan fingerprint density at radius 2 is 2.00 bits per heavy atom. The van der Waals surface area contributed by atoms with E-state index >= 15 is 0 Å². The lowest BCUT2D eigenvalue weighted by atomic mass is 9.94. The Bertz CT molecular complexity index is 334. The van der Waals surface area contributed by atoms with Crippen LogP contribution < -0.4 is 0 Å². The van der Waals surface area contributed by atoms with E-state index in [-0.39, 0.29) is 23.3 Å². The van der Waals surface area contributed by atoms with Gasteiger partial charge in [-0.05, 0) is 31.6 Å². The largest absolute Gasteiger partial charge is 0.481 e. The molecule has 0 bridgehead atoms. The molecule has 0 aromatic rings. The quantitative estimate of drug-likeness (QED) is 0.776. The summed E-state index contributed by atoms with van der Waals surface area (Å²) in [6, 6.07) is 0. The van der Waals surface area contributed by atoms with Gasteiger partial charge < -0.3 is 5.11 Å². The number of hydrogen-bond acceptors (Lipinski definition) is 3. The van der Waals surface area contributed by atoms with E-state index in [9.17, 15) is 13.2 Å². The van der Waals surface area contributed by atoms with Gasteiger partial charge in [-0.1, -0.05) is 13.3 Å². The van der Waals surface area contributed by atoms with Crippen LogP contribution in [0.15, 0.2) is 0 Å². The molecule has 0 amide bonds. The molecule has 94 valence electrons. The standard InChI is InChI=1S/C11H20O4S/c1-2-7-16(14,15)8-6-9-4-3-5-10(9)11(12)13/h9-10H,2-8H2,1H3,(H,12,13). The van der Waals surface area contributed by atoms with E-state index in [0.717, 1.165) is 12.8 Å². The van der Waals surface area contributed by atoms with Crippen molar-refractivity contribution in [1.29, 1.82) is 0 Å². The highest BCUT2D eigenvalue weighted by Gasteiger charge is 2.33. The van der Waals surface area contributed by atoms with Crippen molar-refractivity contribution in [2.24, 2.45) is 11.8 Å². The lowest BCUT2D eigenvalue weighted by Gasteiger charge is -2.15. The fourth-order valence-electron chi connectivity index (χ4n) is 2.45.